The Morgan fingerprint density at radius 1 is 1.60 bits per heavy atom. The van der Waals surface area contributed by atoms with Gasteiger partial charge in [-0.1, -0.05) is 23.7 Å². The van der Waals surface area contributed by atoms with Crippen LogP contribution in [0.25, 0.3) is 0 Å². The molecule has 0 radical (unpaired) electrons. The number of benzene rings is 1. The smallest absolute Gasteiger partial charge is 0.306 e. The van der Waals surface area contributed by atoms with Crippen LogP contribution in [0.15, 0.2) is 24.3 Å². The van der Waals surface area contributed by atoms with E-state index in [1.807, 2.05) is 0 Å². The Morgan fingerprint density at radius 3 is 2.73 bits per heavy atom. The van der Waals surface area contributed by atoms with Crippen molar-refractivity contribution in [3.63, 3.8) is 0 Å². The zero-order valence-electron chi connectivity index (χ0n) is 8.66. The molecule has 0 fully saturated rings. The molecule has 1 unspecified atom stereocenters. The Balaban J connectivity index is 3.05. The predicted molar refractivity (Wildman–Crippen MR) is 58.1 cm³/mol. The number of aliphatic carboxylic acids is 1. The highest BCUT2D eigenvalue weighted by Gasteiger charge is 2.29. The minimum Gasteiger partial charge on any atom is -0.481 e. The summed E-state index contributed by atoms with van der Waals surface area (Å²) >= 11 is 5.84. The second kappa shape index (κ2) is 4.64. The summed E-state index contributed by atoms with van der Waals surface area (Å²) in [5, 5.41) is 9.37. The highest BCUT2D eigenvalue weighted by Crippen LogP contribution is 2.29. The first-order valence-corrected chi connectivity index (χ1v) is 4.89. The number of halogens is 1. The number of carbonyl (C=O) groups is 1. The molecule has 1 rings (SSSR count). The summed E-state index contributed by atoms with van der Waals surface area (Å²) in [5.74, 6) is -0.903. The standard InChI is InChI=1S/C11H13ClO3/c1-11(15-2,7-10(13)14)8-4-3-5-9(12)6-8/h3-6H,7H2,1-2H3,(H,13,14). The van der Waals surface area contributed by atoms with Gasteiger partial charge in [-0.3, -0.25) is 4.79 Å². The van der Waals surface area contributed by atoms with Gasteiger partial charge in [0.1, 0.15) is 5.60 Å². The van der Waals surface area contributed by atoms with Crippen molar-refractivity contribution in [1.82, 2.24) is 0 Å². The maximum Gasteiger partial charge on any atom is 0.306 e. The molecule has 0 aliphatic heterocycles. The van der Waals surface area contributed by atoms with Crippen LogP contribution in [0.5, 0.6) is 0 Å². The van der Waals surface area contributed by atoms with Crippen molar-refractivity contribution >= 4 is 17.6 Å². The molecular formula is C11H13ClO3. The maximum atomic E-state index is 10.7. The zero-order valence-corrected chi connectivity index (χ0v) is 9.41. The fourth-order valence-corrected chi connectivity index (χ4v) is 1.59. The van der Waals surface area contributed by atoms with Gasteiger partial charge in [0.15, 0.2) is 0 Å². The van der Waals surface area contributed by atoms with Crippen molar-refractivity contribution in [3.05, 3.63) is 34.9 Å². The SMILES string of the molecule is COC(C)(CC(=O)O)c1cccc(Cl)c1. The van der Waals surface area contributed by atoms with E-state index in [4.69, 9.17) is 21.4 Å². The van der Waals surface area contributed by atoms with Crippen molar-refractivity contribution in [3.8, 4) is 0 Å². The van der Waals surface area contributed by atoms with Crippen LogP contribution >= 0.6 is 11.6 Å². The van der Waals surface area contributed by atoms with Gasteiger partial charge in [-0.05, 0) is 24.6 Å². The summed E-state index contributed by atoms with van der Waals surface area (Å²) in [4.78, 5) is 10.7. The molecule has 1 aromatic carbocycles. The largest absolute Gasteiger partial charge is 0.481 e. The molecule has 3 nitrogen and oxygen atoms in total. The summed E-state index contributed by atoms with van der Waals surface area (Å²) in [6.07, 6.45) is -0.0934. The molecule has 1 N–H and O–H groups in total. The van der Waals surface area contributed by atoms with Crippen LogP contribution in [-0.4, -0.2) is 18.2 Å². The molecule has 0 bridgehead atoms. The fourth-order valence-electron chi connectivity index (χ4n) is 1.40. The van der Waals surface area contributed by atoms with Gasteiger partial charge in [0.2, 0.25) is 0 Å². The monoisotopic (exact) mass is 228 g/mol. The lowest BCUT2D eigenvalue weighted by Crippen LogP contribution is -2.27. The summed E-state index contributed by atoms with van der Waals surface area (Å²) < 4.78 is 5.25. The quantitative estimate of drug-likeness (QED) is 0.862. The fraction of sp³-hybridized carbons (Fsp3) is 0.364. The van der Waals surface area contributed by atoms with Crippen LogP contribution in [0, 0.1) is 0 Å². The van der Waals surface area contributed by atoms with E-state index >= 15 is 0 Å². The van der Waals surface area contributed by atoms with Gasteiger partial charge < -0.3 is 9.84 Å². The van der Waals surface area contributed by atoms with Crippen LogP contribution in [-0.2, 0) is 15.1 Å². The van der Waals surface area contributed by atoms with E-state index in [-0.39, 0.29) is 6.42 Å². The Morgan fingerprint density at radius 2 is 2.27 bits per heavy atom. The number of hydrogen-bond acceptors (Lipinski definition) is 2. The van der Waals surface area contributed by atoms with E-state index in [9.17, 15) is 4.79 Å². The van der Waals surface area contributed by atoms with Crippen LogP contribution in [0.3, 0.4) is 0 Å². The molecule has 0 aliphatic rings. The summed E-state index contributed by atoms with van der Waals surface area (Å²) in [6.45, 7) is 1.73. The van der Waals surface area contributed by atoms with Gasteiger partial charge in [0.05, 0.1) is 6.42 Å². The first kappa shape index (κ1) is 12.0. The lowest BCUT2D eigenvalue weighted by molar-refractivity contribution is -0.143. The van der Waals surface area contributed by atoms with Crippen LogP contribution in [0.4, 0.5) is 0 Å². The normalized spacial score (nSPS) is 14.6. The highest BCUT2D eigenvalue weighted by atomic mass is 35.5. The second-order valence-electron chi connectivity index (χ2n) is 3.52. The molecule has 0 heterocycles. The number of ether oxygens (including phenoxy) is 1. The third-order valence-electron chi connectivity index (χ3n) is 2.37. The van der Waals surface area contributed by atoms with Crippen molar-refractivity contribution in [1.29, 1.82) is 0 Å². The Hall–Kier alpha value is -1.06. The first-order chi connectivity index (χ1) is 6.98. The number of carboxylic acids is 1. The molecule has 1 atom stereocenters. The topological polar surface area (TPSA) is 46.5 Å². The number of hydrogen-bond donors (Lipinski definition) is 1. The minimum atomic E-state index is -0.903. The van der Waals surface area contributed by atoms with Gasteiger partial charge in [-0.25, -0.2) is 0 Å². The van der Waals surface area contributed by atoms with E-state index in [2.05, 4.69) is 0 Å². The lowest BCUT2D eigenvalue weighted by atomic mass is 9.92. The van der Waals surface area contributed by atoms with Crippen molar-refractivity contribution in [2.24, 2.45) is 0 Å². The summed E-state index contributed by atoms with van der Waals surface area (Å²) in [5.41, 5.74) is -0.0728. The van der Waals surface area contributed by atoms with E-state index in [0.29, 0.717) is 5.02 Å². The molecule has 82 valence electrons. The van der Waals surface area contributed by atoms with Crippen LogP contribution < -0.4 is 0 Å². The van der Waals surface area contributed by atoms with Gasteiger partial charge in [-0.2, -0.15) is 0 Å². The number of rotatable bonds is 4. The third-order valence-corrected chi connectivity index (χ3v) is 2.61. The van der Waals surface area contributed by atoms with E-state index < -0.39 is 11.6 Å². The second-order valence-corrected chi connectivity index (χ2v) is 3.95. The van der Waals surface area contributed by atoms with Crippen LogP contribution in [0.1, 0.15) is 18.9 Å². The lowest BCUT2D eigenvalue weighted by Gasteiger charge is -2.27. The average Bonchev–Trinajstić information content (AvgIpc) is 2.16. The molecule has 0 aromatic heterocycles. The Labute approximate surface area is 93.6 Å². The molecule has 0 aliphatic carbocycles. The zero-order chi connectivity index (χ0) is 11.5. The van der Waals surface area contributed by atoms with Crippen molar-refractivity contribution in [2.75, 3.05) is 7.11 Å². The van der Waals surface area contributed by atoms with Crippen molar-refractivity contribution < 1.29 is 14.6 Å². The molecule has 0 amide bonds. The van der Waals surface area contributed by atoms with Gasteiger partial charge in [-0.15, -0.1) is 0 Å². The van der Waals surface area contributed by atoms with Gasteiger partial charge >= 0.3 is 5.97 Å². The minimum absolute atomic E-state index is 0.0934. The highest BCUT2D eigenvalue weighted by molar-refractivity contribution is 6.30. The number of methoxy groups -OCH3 is 1. The van der Waals surface area contributed by atoms with E-state index in [0.717, 1.165) is 5.56 Å². The Bertz CT molecular complexity index is 365. The molecule has 4 heteroatoms. The maximum absolute atomic E-state index is 10.7. The molecule has 0 spiro atoms. The average molecular weight is 229 g/mol. The molecule has 0 saturated carbocycles. The van der Waals surface area contributed by atoms with E-state index in [1.54, 1.807) is 31.2 Å². The first-order valence-electron chi connectivity index (χ1n) is 4.51. The number of carboxylic acid groups (broad SMARTS) is 1. The molecule has 15 heavy (non-hydrogen) atoms. The van der Waals surface area contributed by atoms with Crippen molar-refractivity contribution in [2.45, 2.75) is 18.9 Å². The predicted octanol–water partition coefficient (Wildman–Crippen LogP) is 2.68. The van der Waals surface area contributed by atoms with Gasteiger partial charge in [0, 0.05) is 12.1 Å². The third kappa shape index (κ3) is 2.94. The Kier molecular flexibility index (Phi) is 3.72. The molecular weight excluding hydrogens is 216 g/mol. The van der Waals surface area contributed by atoms with E-state index in [1.165, 1.54) is 7.11 Å². The van der Waals surface area contributed by atoms with Gasteiger partial charge in [0.25, 0.3) is 0 Å². The summed E-state index contributed by atoms with van der Waals surface area (Å²) in [6, 6.07) is 7.03. The molecule has 0 saturated heterocycles. The summed E-state index contributed by atoms with van der Waals surface area (Å²) in [7, 11) is 1.49. The van der Waals surface area contributed by atoms with Crippen LogP contribution in [0.2, 0.25) is 5.02 Å². The molecule has 1 aromatic rings.